The molecular formula is C9H21Cl2NOPd-2. The van der Waals surface area contributed by atoms with Crippen molar-refractivity contribution < 1.29 is 50.0 Å². The Morgan fingerprint density at radius 3 is 1.57 bits per heavy atom. The summed E-state index contributed by atoms with van der Waals surface area (Å²) in [6.45, 7) is 13.7. The molecule has 0 bridgehead atoms. The maximum atomic E-state index is 4.83. The normalized spacial score (nSPS) is 11.1. The molecule has 0 saturated carbocycles. The molecule has 1 aliphatic heterocycles. The number of ether oxygens (including phenoxy) is 1. The Morgan fingerprint density at radius 1 is 1.14 bits per heavy atom. The number of hydrogen-bond donors (Lipinski definition) is 1. The Hall–Kier alpha value is 1.16. The summed E-state index contributed by atoms with van der Waals surface area (Å²) in [5.74, 6) is 0. The first-order chi connectivity index (χ1) is 5.33. The second-order valence-electron chi connectivity index (χ2n) is 2.05. The van der Waals surface area contributed by atoms with E-state index in [1.165, 1.54) is 0 Å². The molecule has 1 N–H and O–H groups in total. The van der Waals surface area contributed by atoms with E-state index in [2.05, 4.69) is 19.2 Å². The summed E-state index contributed by atoms with van der Waals surface area (Å²) < 4.78 is 4.83. The molecular weight excluding hydrogens is 315 g/mol. The quantitative estimate of drug-likeness (QED) is 0.360. The van der Waals surface area contributed by atoms with Crippen molar-refractivity contribution in [2.75, 3.05) is 19.9 Å². The smallest absolute Gasteiger partial charge is 1.00 e. The van der Waals surface area contributed by atoms with E-state index < -0.39 is 0 Å². The minimum absolute atomic E-state index is 0. The molecule has 5 heteroatoms. The van der Waals surface area contributed by atoms with Crippen molar-refractivity contribution in [3.05, 3.63) is 13.8 Å². The van der Waals surface area contributed by atoms with Crippen molar-refractivity contribution in [2.24, 2.45) is 0 Å². The average molecular weight is 337 g/mol. The van der Waals surface area contributed by atoms with Crippen LogP contribution in [0.2, 0.25) is 0 Å². The van der Waals surface area contributed by atoms with Gasteiger partial charge in [0.15, 0.2) is 0 Å². The van der Waals surface area contributed by atoms with E-state index in [9.17, 15) is 0 Å². The van der Waals surface area contributed by atoms with Crippen LogP contribution in [0, 0.1) is 13.8 Å². The summed E-state index contributed by atoms with van der Waals surface area (Å²) in [7, 11) is 0. The van der Waals surface area contributed by atoms with Gasteiger partial charge in [0.2, 0.25) is 0 Å². The van der Waals surface area contributed by atoms with Gasteiger partial charge in [-0.3, -0.25) is 5.32 Å². The van der Waals surface area contributed by atoms with E-state index in [4.69, 9.17) is 4.74 Å². The zero-order valence-corrected chi connectivity index (χ0v) is 12.0. The van der Waals surface area contributed by atoms with Gasteiger partial charge in [-0.15, -0.1) is 0 Å². The molecule has 0 radical (unpaired) electrons. The predicted octanol–water partition coefficient (Wildman–Crippen LogP) is -3.97. The molecule has 1 heterocycles. The Bertz CT molecular complexity index is 48.5. The van der Waals surface area contributed by atoms with Gasteiger partial charge in [-0.05, 0) is 0 Å². The van der Waals surface area contributed by atoms with Gasteiger partial charge < -0.3 is 43.4 Å². The maximum absolute atomic E-state index is 4.83. The predicted molar refractivity (Wildman–Crippen MR) is 50.1 cm³/mol. The molecule has 0 atom stereocenters. The van der Waals surface area contributed by atoms with E-state index >= 15 is 0 Å². The third-order valence-electron chi connectivity index (χ3n) is 0.627. The molecule has 0 aromatic rings. The molecule has 0 aromatic heterocycles. The van der Waals surface area contributed by atoms with E-state index in [1.54, 1.807) is 0 Å². The van der Waals surface area contributed by atoms with Crippen LogP contribution in [0.5, 0.6) is 0 Å². The van der Waals surface area contributed by atoms with Crippen LogP contribution in [0.4, 0.5) is 0 Å². The number of halogens is 2. The van der Waals surface area contributed by atoms with Crippen molar-refractivity contribution in [3.8, 4) is 0 Å². The largest absolute Gasteiger partial charge is 2.00 e. The number of rotatable bonds is 0. The van der Waals surface area contributed by atoms with Crippen molar-refractivity contribution in [1.29, 1.82) is 0 Å². The fourth-order valence-corrected chi connectivity index (χ4v) is 0.361. The topological polar surface area (TPSA) is 21.3 Å². The first-order valence-electron chi connectivity index (χ1n) is 4.20. The van der Waals surface area contributed by atoms with Gasteiger partial charge in [-0.1, -0.05) is 13.8 Å². The van der Waals surface area contributed by atoms with Crippen LogP contribution in [0.1, 0.15) is 26.7 Å². The molecule has 2 nitrogen and oxygen atoms in total. The van der Waals surface area contributed by atoms with Gasteiger partial charge in [0.25, 0.3) is 0 Å². The first-order valence-corrected chi connectivity index (χ1v) is 4.20. The molecule has 0 amide bonds. The third-order valence-corrected chi connectivity index (χ3v) is 0.627. The van der Waals surface area contributed by atoms with Crippen molar-refractivity contribution in [2.45, 2.75) is 26.7 Å². The zero-order valence-electron chi connectivity index (χ0n) is 8.93. The molecule has 1 rings (SSSR count). The van der Waals surface area contributed by atoms with Crippen molar-refractivity contribution >= 4 is 0 Å². The fraction of sp³-hybridized carbons (Fsp3) is 0.778. The summed E-state index contributed by atoms with van der Waals surface area (Å²) in [6.07, 6.45) is 2.00. The van der Waals surface area contributed by atoms with Gasteiger partial charge in [0.05, 0.1) is 13.3 Å². The second kappa shape index (κ2) is 36.8. The van der Waals surface area contributed by atoms with Crippen LogP contribution in [0.25, 0.3) is 0 Å². The van der Waals surface area contributed by atoms with Crippen LogP contribution in [0.15, 0.2) is 0 Å². The first kappa shape index (κ1) is 29.4. The van der Waals surface area contributed by atoms with Crippen LogP contribution < -0.4 is 30.1 Å². The molecule has 1 saturated heterocycles. The summed E-state index contributed by atoms with van der Waals surface area (Å²) in [4.78, 5) is 0. The van der Waals surface area contributed by atoms with Gasteiger partial charge in [0, 0.05) is 6.54 Å². The van der Waals surface area contributed by atoms with Gasteiger partial charge in [0.1, 0.15) is 0 Å². The van der Waals surface area contributed by atoms with E-state index in [1.807, 2.05) is 13.8 Å². The Balaban J connectivity index is -0.0000000276. The van der Waals surface area contributed by atoms with Gasteiger partial charge in [-0.2, -0.15) is 12.8 Å². The Labute approximate surface area is 115 Å². The number of nitrogens with one attached hydrogen (secondary N) is 1. The minimum Gasteiger partial charge on any atom is -1.00 e. The van der Waals surface area contributed by atoms with Crippen LogP contribution in [-0.2, 0) is 25.2 Å². The number of hydrogen-bond acceptors (Lipinski definition) is 2. The SMILES string of the molecule is C1COCN1.[CH2-]CC.[CH2-]CC.[Cl-].[Cl-].[Pd+2]. The summed E-state index contributed by atoms with van der Waals surface area (Å²) in [5, 5.41) is 3.00. The molecule has 0 unspecified atom stereocenters. The molecule has 94 valence electrons. The average Bonchev–Trinajstić information content (AvgIpc) is 2.44. The Kier molecular flexibility index (Phi) is 77.5. The zero-order chi connectivity index (χ0) is 8.95. The second-order valence-corrected chi connectivity index (χ2v) is 2.05. The molecule has 14 heavy (non-hydrogen) atoms. The van der Waals surface area contributed by atoms with Crippen LogP contribution in [-0.4, -0.2) is 19.9 Å². The molecule has 0 aliphatic carbocycles. The molecule has 1 aliphatic rings. The summed E-state index contributed by atoms with van der Waals surface area (Å²) in [5.41, 5.74) is 0. The van der Waals surface area contributed by atoms with Crippen LogP contribution >= 0.6 is 0 Å². The Morgan fingerprint density at radius 2 is 1.50 bits per heavy atom. The minimum atomic E-state index is 0. The van der Waals surface area contributed by atoms with Gasteiger partial charge in [-0.25, -0.2) is 0 Å². The third kappa shape index (κ3) is 51.3. The summed E-state index contributed by atoms with van der Waals surface area (Å²) in [6, 6.07) is 0. The van der Waals surface area contributed by atoms with Crippen LogP contribution in [0.3, 0.4) is 0 Å². The standard InChI is InChI=1S/C3H7NO.2C3H7.2ClH.Pd/c1-2-5-3-4-1;2*1-3-2;;;/h4H,1-3H2;2*1,3H2,2H3;2*1H;/q;2*-1;;;+2/p-2. The monoisotopic (exact) mass is 335 g/mol. The molecule has 0 spiro atoms. The van der Waals surface area contributed by atoms with E-state index in [0.717, 1.165) is 32.7 Å². The summed E-state index contributed by atoms with van der Waals surface area (Å²) >= 11 is 0. The van der Waals surface area contributed by atoms with Crippen molar-refractivity contribution in [1.82, 2.24) is 5.32 Å². The fourth-order valence-electron chi connectivity index (χ4n) is 0.361. The maximum Gasteiger partial charge on any atom is 2.00 e. The molecule has 1 fully saturated rings. The van der Waals surface area contributed by atoms with Crippen molar-refractivity contribution in [3.63, 3.8) is 0 Å². The van der Waals surface area contributed by atoms with E-state index in [-0.39, 0.29) is 45.2 Å². The van der Waals surface area contributed by atoms with Gasteiger partial charge >= 0.3 is 20.4 Å². The van der Waals surface area contributed by atoms with E-state index in [0.29, 0.717) is 0 Å². The molecule has 0 aromatic carbocycles.